The lowest BCUT2D eigenvalue weighted by molar-refractivity contribution is 0.590. The highest BCUT2D eigenvalue weighted by molar-refractivity contribution is 5.70. The Labute approximate surface area is 85.8 Å². The molecule has 1 aromatic carbocycles. The smallest absolute Gasteiger partial charge is 0.0416 e. The first-order chi connectivity index (χ1) is 6.57. The number of hydrogen-bond acceptors (Lipinski definition) is 1. The second kappa shape index (κ2) is 3.16. The average Bonchev–Trinajstić information content (AvgIpc) is 2.16. The number of nitrogens with one attached hydrogen (secondary N) is 1. The van der Waals surface area contributed by atoms with Crippen molar-refractivity contribution in [3.8, 4) is 0 Å². The van der Waals surface area contributed by atoms with Gasteiger partial charge in [0.25, 0.3) is 0 Å². The van der Waals surface area contributed by atoms with Crippen LogP contribution in [0.4, 0.5) is 5.69 Å². The summed E-state index contributed by atoms with van der Waals surface area (Å²) in [4.78, 5) is 0. The summed E-state index contributed by atoms with van der Waals surface area (Å²) >= 11 is 0. The predicted molar refractivity (Wildman–Crippen MR) is 62.7 cm³/mol. The topological polar surface area (TPSA) is 12.0 Å². The molecule has 0 atom stereocenters. The Hall–Kier alpha value is -1.24. The maximum Gasteiger partial charge on any atom is 0.0416 e. The number of rotatable bonds is 0. The molecule has 1 heterocycles. The van der Waals surface area contributed by atoms with E-state index in [-0.39, 0.29) is 5.41 Å². The lowest BCUT2D eigenvalue weighted by Crippen LogP contribution is -2.12. The van der Waals surface area contributed by atoms with Gasteiger partial charge in [0.05, 0.1) is 0 Å². The van der Waals surface area contributed by atoms with E-state index in [0.717, 1.165) is 6.54 Å². The van der Waals surface area contributed by atoms with Crippen molar-refractivity contribution in [2.45, 2.75) is 26.2 Å². The van der Waals surface area contributed by atoms with Crippen molar-refractivity contribution in [2.75, 3.05) is 11.9 Å². The molecule has 1 aliphatic heterocycles. The minimum Gasteiger partial charge on any atom is -0.381 e. The van der Waals surface area contributed by atoms with Crippen molar-refractivity contribution in [1.82, 2.24) is 0 Å². The second-order valence-corrected chi connectivity index (χ2v) is 4.84. The number of hydrogen-bond donors (Lipinski definition) is 1. The molecule has 0 saturated heterocycles. The first-order valence-corrected chi connectivity index (χ1v) is 5.12. The summed E-state index contributed by atoms with van der Waals surface area (Å²) in [5.74, 6) is 0. The molecule has 0 bridgehead atoms. The molecule has 1 nitrogen and oxygen atoms in total. The molecule has 0 spiro atoms. The van der Waals surface area contributed by atoms with Gasteiger partial charge in [-0.05, 0) is 28.7 Å². The van der Waals surface area contributed by atoms with Gasteiger partial charge < -0.3 is 5.32 Å². The van der Waals surface area contributed by atoms with Crippen LogP contribution < -0.4 is 5.32 Å². The van der Waals surface area contributed by atoms with Gasteiger partial charge in [-0.1, -0.05) is 39.0 Å². The molecule has 0 fully saturated rings. The van der Waals surface area contributed by atoms with Crippen LogP contribution in [0.25, 0.3) is 6.08 Å². The Morgan fingerprint density at radius 1 is 1.21 bits per heavy atom. The van der Waals surface area contributed by atoms with E-state index in [1.807, 2.05) is 0 Å². The van der Waals surface area contributed by atoms with Crippen LogP contribution in [0.2, 0.25) is 0 Å². The minimum absolute atomic E-state index is 0.236. The van der Waals surface area contributed by atoms with Crippen LogP contribution in [-0.4, -0.2) is 6.54 Å². The van der Waals surface area contributed by atoms with E-state index >= 15 is 0 Å². The molecule has 0 radical (unpaired) electrons. The molecular weight excluding hydrogens is 170 g/mol. The third kappa shape index (κ3) is 1.67. The van der Waals surface area contributed by atoms with Gasteiger partial charge in [0.1, 0.15) is 0 Å². The van der Waals surface area contributed by atoms with Crippen LogP contribution in [0.1, 0.15) is 31.9 Å². The van der Waals surface area contributed by atoms with Crippen molar-refractivity contribution < 1.29 is 0 Å². The third-order valence-electron chi connectivity index (χ3n) is 2.63. The molecule has 1 aliphatic rings. The Balaban J connectivity index is 2.45. The van der Waals surface area contributed by atoms with Gasteiger partial charge in [-0.2, -0.15) is 0 Å². The summed E-state index contributed by atoms with van der Waals surface area (Å²) in [7, 11) is 0. The molecule has 1 aromatic rings. The SMILES string of the molecule is CC(C)(C)c1ccc2c(c1)C=CCN2. The Kier molecular flexibility index (Phi) is 2.10. The second-order valence-electron chi connectivity index (χ2n) is 4.84. The standard InChI is InChI=1S/C13H17N/c1-13(2,3)11-6-7-12-10(9-11)5-4-8-14-12/h4-7,9,14H,8H2,1-3H3. The Bertz CT molecular complexity index is 369. The van der Waals surface area contributed by atoms with E-state index in [2.05, 4.69) is 56.4 Å². The normalized spacial score (nSPS) is 14.8. The van der Waals surface area contributed by atoms with Crippen LogP contribution in [0.3, 0.4) is 0 Å². The summed E-state index contributed by atoms with van der Waals surface area (Å²) in [6.45, 7) is 7.68. The molecule has 74 valence electrons. The van der Waals surface area contributed by atoms with Crippen molar-refractivity contribution in [2.24, 2.45) is 0 Å². The highest BCUT2D eigenvalue weighted by Gasteiger charge is 2.15. The molecular formula is C13H17N. The number of fused-ring (bicyclic) bond motifs is 1. The summed E-state index contributed by atoms with van der Waals surface area (Å²) in [5, 5.41) is 3.35. The highest BCUT2D eigenvalue weighted by atomic mass is 14.9. The monoisotopic (exact) mass is 187 g/mol. The Morgan fingerprint density at radius 3 is 2.71 bits per heavy atom. The minimum atomic E-state index is 0.236. The van der Waals surface area contributed by atoms with Gasteiger partial charge in [-0.3, -0.25) is 0 Å². The maximum atomic E-state index is 3.35. The van der Waals surface area contributed by atoms with E-state index in [1.165, 1.54) is 16.8 Å². The molecule has 1 heteroatoms. The fourth-order valence-corrected chi connectivity index (χ4v) is 1.68. The van der Waals surface area contributed by atoms with Crippen LogP contribution in [-0.2, 0) is 5.41 Å². The largest absolute Gasteiger partial charge is 0.381 e. The quantitative estimate of drug-likeness (QED) is 0.656. The lowest BCUT2D eigenvalue weighted by atomic mass is 9.85. The molecule has 0 unspecified atom stereocenters. The zero-order chi connectivity index (χ0) is 10.2. The maximum absolute atomic E-state index is 3.35. The van der Waals surface area contributed by atoms with E-state index in [9.17, 15) is 0 Å². The fourth-order valence-electron chi connectivity index (χ4n) is 1.68. The van der Waals surface area contributed by atoms with Gasteiger partial charge in [-0.15, -0.1) is 0 Å². The van der Waals surface area contributed by atoms with Gasteiger partial charge in [0.2, 0.25) is 0 Å². The van der Waals surface area contributed by atoms with E-state index in [1.54, 1.807) is 0 Å². The van der Waals surface area contributed by atoms with Crippen molar-refractivity contribution in [1.29, 1.82) is 0 Å². The van der Waals surface area contributed by atoms with Crippen LogP contribution in [0.15, 0.2) is 24.3 Å². The van der Waals surface area contributed by atoms with Crippen molar-refractivity contribution >= 4 is 11.8 Å². The summed E-state index contributed by atoms with van der Waals surface area (Å²) < 4.78 is 0. The van der Waals surface area contributed by atoms with E-state index in [0.29, 0.717) is 0 Å². The molecule has 2 rings (SSSR count). The molecule has 14 heavy (non-hydrogen) atoms. The van der Waals surface area contributed by atoms with Crippen LogP contribution >= 0.6 is 0 Å². The number of anilines is 1. The van der Waals surface area contributed by atoms with Gasteiger partial charge >= 0.3 is 0 Å². The molecule has 0 amide bonds. The van der Waals surface area contributed by atoms with Crippen molar-refractivity contribution in [3.05, 3.63) is 35.4 Å². The summed E-state index contributed by atoms with van der Waals surface area (Å²) in [6.07, 6.45) is 4.36. The first kappa shape index (κ1) is 9.32. The highest BCUT2D eigenvalue weighted by Crippen LogP contribution is 2.28. The molecule has 1 N–H and O–H groups in total. The summed E-state index contributed by atoms with van der Waals surface area (Å²) in [5.41, 5.74) is 4.19. The molecule has 0 aliphatic carbocycles. The van der Waals surface area contributed by atoms with Crippen molar-refractivity contribution in [3.63, 3.8) is 0 Å². The summed E-state index contributed by atoms with van der Waals surface area (Å²) in [6, 6.07) is 6.67. The van der Waals surface area contributed by atoms with Gasteiger partial charge in [-0.25, -0.2) is 0 Å². The number of benzene rings is 1. The zero-order valence-corrected chi connectivity index (χ0v) is 9.09. The van der Waals surface area contributed by atoms with Gasteiger partial charge in [0, 0.05) is 12.2 Å². The fraction of sp³-hybridized carbons (Fsp3) is 0.385. The van der Waals surface area contributed by atoms with Crippen LogP contribution in [0, 0.1) is 0 Å². The average molecular weight is 187 g/mol. The molecule has 0 aromatic heterocycles. The Morgan fingerprint density at radius 2 is 2.00 bits per heavy atom. The van der Waals surface area contributed by atoms with E-state index < -0.39 is 0 Å². The van der Waals surface area contributed by atoms with Gasteiger partial charge in [0.15, 0.2) is 0 Å². The molecule has 0 saturated carbocycles. The first-order valence-electron chi connectivity index (χ1n) is 5.12. The zero-order valence-electron chi connectivity index (χ0n) is 9.09. The predicted octanol–water partition coefficient (Wildman–Crippen LogP) is 3.42. The van der Waals surface area contributed by atoms with E-state index in [4.69, 9.17) is 0 Å². The van der Waals surface area contributed by atoms with Crippen LogP contribution in [0.5, 0.6) is 0 Å². The lowest BCUT2D eigenvalue weighted by Gasteiger charge is -2.22. The third-order valence-corrected chi connectivity index (χ3v) is 2.63.